The maximum absolute atomic E-state index is 13.9. The Balaban J connectivity index is 1.43. The summed E-state index contributed by atoms with van der Waals surface area (Å²) in [4.78, 5) is 28.6. The van der Waals surface area contributed by atoms with Gasteiger partial charge in [-0.2, -0.15) is 0 Å². The minimum atomic E-state index is -0.594. The summed E-state index contributed by atoms with van der Waals surface area (Å²) in [6.07, 6.45) is 1.38. The number of anilines is 3. The highest BCUT2D eigenvalue weighted by atomic mass is 19.1. The normalized spacial score (nSPS) is 10.8. The molecule has 0 saturated heterocycles. The van der Waals surface area contributed by atoms with Crippen molar-refractivity contribution in [1.82, 2.24) is 19.9 Å². The molecule has 162 valence electrons. The number of aromatic nitrogens is 4. The van der Waals surface area contributed by atoms with E-state index in [0.29, 0.717) is 39.7 Å². The predicted octanol–water partition coefficient (Wildman–Crippen LogP) is 5.29. The Bertz CT molecular complexity index is 1470. The Morgan fingerprint density at radius 1 is 0.879 bits per heavy atom. The number of fused-ring (bicyclic) bond motifs is 1. The van der Waals surface area contributed by atoms with E-state index in [1.165, 1.54) is 36.7 Å². The number of H-pyrrole nitrogens is 1. The van der Waals surface area contributed by atoms with Gasteiger partial charge in [0.05, 0.1) is 5.56 Å². The Labute approximate surface area is 186 Å². The average molecular weight is 442 g/mol. The lowest BCUT2D eigenvalue weighted by Crippen LogP contribution is -2.13. The van der Waals surface area contributed by atoms with E-state index in [2.05, 4.69) is 30.6 Å². The highest BCUT2D eigenvalue weighted by molar-refractivity contribution is 6.04. The molecule has 0 atom stereocenters. The van der Waals surface area contributed by atoms with Gasteiger partial charge in [-0.3, -0.25) is 4.79 Å². The maximum Gasteiger partial charge on any atom is 0.258 e. The van der Waals surface area contributed by atoms with Crippen molar-refractivity contribution in [2.45, 2.75) is 0 Å². The van der Waals surface area contributed by atoms with Gasteiger partial charge in [-0.15, -0.1) is 0 Å². The molecule has 0 aliphatic rings. The first-order valence-electron chi connectivity index (χ1n) is 9.96. The molecule has 3 N–H and O–H groups in total. The van der Waals surface area contributed by atoms with Crippen LogP contribution < -0.4 is 10.6 Å². The molecular formula is C24H16F2N6O. The zero-order chi connectivity index (χ0) is 22.8. The first-order chi connectivity index (χ1) is 16.1. The zero-order valence-electron chi connectivity index (χ0n) is 17.0. The van der Waals surface area contributed by atoms with Gasteiger partial charge in [0, 0.05) is 16.9 Å². The minimum Gasteiger partial charge on any atom is -0.338 e. The maximum atomic E-state index is 13.9. The van der Waals surface area contributed by atoms with Crippen molar-refractivity contribution in [2.75, 3.05) is 10.6 Å². The topological polar surface area (TPSA) is 95.6 Å². The minimum absolute atomic E-state index is 0.0431. The van der Waals surface area contributed by atoms with Gasteiger partial charge in [-0.25, -0.2) is 23.7 Å². The van der Waals surface area contributed by atoms with E-state index in [0.717, 1.165) is 0 Å². The van der Waals surface area contributed by atoms with Crippen LogP contribution in [0, 0.1) is 11.6 Å². The third-order valence-corrected chi connectivity index (χ3v) is 4.91. The van der Waals surface area contributed by atoms with Crippen LogP contribution in [0.4, 0.5) is 26.0 Å². The molecule has 0 aliphatic carbocycles. The van der Waals surface area contributed by atoms with E-state index in [-0.39, 0.29) is 11.4 Å². The fourth-order valence-corrected chi connectivity index (χ4v) is 3.32. The molecule has 0 radical (unpaired) electrons. The molecule has 0 unspecified atom stereocenters. The van der Waals surface area contributed by atoms with E-state index in [4.69, 9.17) is 0 Å². The first-order valence-corrected chi connectivity index (χ1v) is 9.96. The Morgan fingerprint density at radius 2 is 1.70 bits per heavy atom. The number of rotatable bonds is 5. The van der Waals surface area contributed by atoms with Crippen molar-refractivity contribution < 1.29 is 13.6 Å². The number of aromatic amines is 1. The van der Waals surface area contributed by atoms with Crippen LogP contribution in [-0.4, -0.2) is 25.8 Å². The molecule has 5 aromatic rings. The number of benzene rings is 3. The quantitative estimate of drug-likeness (QED) is 0.344. The van der Waals surface area contributed by atoms with Crippen LogP contribution >= 0.6 is 0 Å². The summed E-state index contributed by atoms with van der Waals surface area (Å²) in [6, 6.07) is 18.7. The number of amides is 1. The van der Waals surface area contributed by atoms with Gasteiger partial charge in [0.15, 0.2) is 11.5 Å². The molecule has 0 bridgehead atoms. The van der Waals surface area contributed by atoms with E-state index >= 15 is 0 Å². The first kappa shape index (κ1) is 20.3. The lowest BCUT2D eigenvalue weighted by molar-refractivity contribution is 0.102. The number of imidazole rings is 1. The Hall–Kier alpha value is -4.66. The molecule has 9 heteroatoms. The molecule has 33 heavy (non-hydrogen) atoms. The monoisotopic (exact) mass is 442 g/mol. The summed E-state index contributed by atoms with van der Waals surface area (Å²) in [5.74, 6) is -0.488. The SMILES string of the molecule is O=C(Nc1cccc(-c2nc3ncnc(Nc4ccc(F)cc4)c3[nH]2)c1)c1ccccc1F. The van der Waals surface area contributed by atoms with Crippen LogP contribution in [-0.2, 0) is 0 Å². The lowest BCUT2D eigenvalue weighted by Gasteiger charge is -2.07. The van der Waals surface area contributed by atoms with Gasteiger partial charge in [0.2, 0.25) is 0 Å². The third kappa shape index (κ3) is 4.24. The smallest absolute Gasteiger partial charge is 0.258 e. The molecule has 1 amide bonds. The summed E-state index contributed by atoms with van der Waals surface area (Å²) in [6.45, 7) is 0. The van der Waals surface area contributed by atoms with Crippen LogP contribution in [0.2, 0.25) is 0 Å². The van der Waals surface area contributed by atoms with Crippen molar-refractivity contribution in [1.29, 1.82) is 0 Å². The number of carbonyl (C=O) groups excluding carboxylic acids is 1. The number of hydrogen-bond donors (Lipinski definition) is 3. The molecule has 0 aliphatic heterocycles. The van der Waals surface area contributed by atoms with Gasteiger partial charge >= 0.3 is 0 Å². The fraction of sp³-hybridized carbons (Fsp3) is 0. The molecule has 0 fully saturated rings. The largest absolute Gasteiger partial charge is 0.338 e. The van der Waals surface area contributed by atoms with Gasteiger partial charge in [0.25, 0.3) is 5.91 Å². The molecule has 3 aromatic carbocycles. The van der Waals surface area contributed by atoms with Crippen molar-refractivity contribution in [3.63, 3.8) is 0 Å². The lowest BCUT2D eigenvalue weighted by atomic mass is 10.1. The predicted molar refractivity (Wildman–Crippen MR) is 121 cm³/mol. The molecule has 0 spiro atoms. The van der Waals surface area contributed by atoms with Gasteiger partial charge in [0.1, 0.15) is 29.3 Å². The van der Waals surface area contributed by atoms with Crippen LogP contribution in [0.5, 0.6) is 0 Å². The fourth-order valence-electron chi connectivity index (χ4n) is 3.32. The van der Waals surface area contributed by atoms with Crippen molar-refractivity contribution in [3.8, 4) is 11.4 Å². The standard InChI is InChI=1S/C24H16F2N6O/c25-15-8-10-16(11-9-15)29-22-20-23(28-13-27-22)32-21(31-20)14-4-3-5-17(12-14)30-24(33)18-6-1-2-7-19(18)26/h1-13H,(H,30,33)(H2,27,28,29,31,32). The summed E-state index contributed by atoms with van der Waals surface area (Å²) >= 11 is 0. The van der Waals surface area contributed by atoms with Gasteiger partial charge in [-0.1, -0.05) is 24.3 Å². The van der Waals surface area contributed by atoms with Crippen molar-refractivity contribution >= 4 is 34.3 Å². The van der Waals surface area contributed by atoms with Crippen LogP contribution in [0.3, 0.4) is 0 Å². The third-order valence-electron chi connectivity index (χ3n) is 4.91. The highest BCUT2D eigenvalue weighted by Gasteiger charge is 2.14. The Kier molecular flexibility index (Phi) is 5.19. The second-order valence-electron chi connectivity index (χ2n) is 7.15. The van der Waals surface area contributed by atoms with Crippen molar-refractivity contribution in [3.05, 3.63) is 96.3 Å². The number of hydrogen-bond acceptors (Lipinski definition) is 5. The van der Waals surface area contributed by atoms with E-state index in [1.54, 1.807) is 36.4 Å². The van der Waals surface area contributed by atoms with E-state index in [1.807, 2.05) is 6.07 Å². The van der Waals surface area contributed by atoms with E-state index < -0.39 is 11.7 Å². The molecule has 2 aromatic heterocycles. The van der Waals surface area contributed by atoms with E-state index in [9.17, 15) is 13.6 Å². The molecule has 5 rings (SSSR count). The van der Waals surface area contributed by atoms with Crippen LogP contribution in [0.15, 0.2) is 79.1 Å². The number of nitrogens with zero attached hydrogens (tertiary/aromatic N) is 3. The van der Waals surface area contributed by atoms with Gasteiger partial charge in [-0.05, 0) is 48.5 Å². The number of halogens is 2. The summed E-state index contributed by atoms with van der Waals surface area (Å²) in [7, 11) is 0. The highest BCUT2D eigenvalue weighted by Crippen LogP contribution is 2.27. The molecule has 2 heterocycles. The summed E-state index contributed by atoms with van der Waals surface area (Å²) in [5.41, 5.74) is 2.79. The molecule has 0 saturated carbocycles. The van der Waals surface area contributed by atoms with Crippen molar-refractivity contribution in [2.24, 2.45) is 0 Å². The summed E-state index contributed by atoms with van der Waals surface area (Å²) < 4.78 is 27.1. The second kappa shape index (κ2) is 8.46. The van der Waals surface area contributed by atoms with Crippen LogP contribution in [0.25, 0.3) is 22.6 Å². The molecular weight excluding hydrogens is 426 g/mol. The van der Waals surface area contributed by atoms with Gasteiger partial charge < -0.3 is 15.6 Å². The number of nitrogens with one attached hydrogen (secondary N) is 3. The second-order valence-corrected chi connectivity index (χ2v) is 7.15. The van der Waals surface area contributed by atoms with Crippen LogP contribution in [0.1, 0.15) is 10.4 Å². The number of carbonyl (C=O) groups is 1. The summed E-state index contributed by atoms with van der Waals surface area (Å²) in [5, 5.41) is 5.82. The zero-order valence-corrected chi connectivity index (χ0v) is 17.0. The Morgan fingerprint density at radius 3 is 2.52 bits per heavy atom. The average Bonchev–Trinajstić information content (AvgIpc) is 3.27. The molecule has 7 nitrogen and oxygen atoms in total.